The number of likely N-dealkylation sites (tertiary alicyclic amines) is 1. The Bertz CT molecular complexity index is 1080. The normalized spacial score (nSPS) is 23.6. The summed E-state index contributed by atoms with van der Waals surface area (Å²) in [7, 11) is -3.32. The van der Waals surface area contributed by atoms with E-state index in [2.05, 4.69) is 4.72 Å². The zero-order chi connectivity index (χ0) is 21.6. The molecule has 2 unspecified atom stereocenters. The maximum Gasteiger partial charge on any atom is 0.226 e. The van der Waals surface area contributed by atoms with E-state index in [0.29, 0.717) is 31.5 Å². The molecule has 0 radical (unpaired) electrons. The predicted octanol–water partition coefficient (Wildman–Crippen LogP) is 3.19. The summed E-state index contributed by atoms with van der Waals surface area (Å²) in [5.74, 6) is -1.63. The van der Waals surface area contributed by atoms with Crippen LogP contribution >= 0.6 is 0 Å². The highest BCUT2D eigenvalue weighted by molar-refractivity contribution is 7.88. The quantitative estimate of drug-likeness (QED) is 0.786. The van der Waals surface area contributed by atoms with Crippen molar-refractivity contribution in [3.05, 3.63) is 59.2 Å². The highest BCUT2D eigenvalue weighted by Crippen LogP contribution is 2.52. The van der Waals surface area contributed by atoms with Crippen LogP contribution in [0.3, 0.4) is 0 Å². The van der Waals surface area contributed by atoms with Gasteiger partial charge in [-0.25, -0.2) is 21.9 Å². The van der Waals surface area contributed by atoms with Crippen LogP contribution in [-0.4, -0.2) is 44.6 Å². The second kappa shape index (κ2) is 7.74. The lowest BCUT2D eigenvalue weighted by Crippen LogP contribution is -2.38. The van der Waals surface area contributed by atoms with Crippen LogP contribution in [0.1, 0.15) is 29.9 Å². The van der Waals surface area contributed by atoms with Gasteiger partial charge in [-0.15, -0.1) is 0 Å². The van der Waals surface area contributed by atoms with Gasteiger partial charge < -0.3 is 4.90 Å². The Morgan fingerprint density at radius 3 is 2.53 bits per heavy atom. The summed E-state index contributed by atoms with van der Waals surface area (Å²) >= 11 is 0. The number of amides is 1. The summed E-state index contributed by atoms with van der Waals surface area (Å²) < 4.78 is 54.3. The van der Waals surface area contributed by atoms with Crippen LogP contribution < -0.4 is 4.72 Å². The molecule has 1 N–H and O–H groups in total. The molecule has 2 fully saturated rings. The third-order valence-corrected chi connectivity index (χ3v) is 6.59. The van der Waals surface area contributed by atoms with E-state index in [1.807, 2.05) is 19.1 Å². The fourth-order valence-electron chi connectivity index (χ4n) is 4.37. The molecule has 2 aromatic carbocycles. The average Bonchev–Trinajstić information content (AvgIpc) is 3.31. The van der Waals surface area contributed by atoms with Crippen LogP contribution in [0.15, 0.2) is 36.4 Å². The number of aryl methyl sites for hydroxylation is 1. The molecule has 160 valence electrons. The highest BCUT2D eigenvalue weighted by atomic mass is 32.2. The first-order valence-corrected chi connectivity index (χ1v) is 11.8. The molecule has 1 heterocycles. The van der Waals surface area contributed by atoms with Gasteiger partial charge in [-0.05, 0) is 48.9 Å². The summed E-state index contributed by atoms with van der Waals surface area (Å²) in [4.78, 5) is 14.6. The summed E-state index contributed by atoms with van der Waals surface area (Å²) in [6.45, 7) is 2.70. The first-order valence-electron chi connectivity index (χ1n) is 9.95. The first kappa shape index (κ1) is 20.9. The van der Waals surface area contributed by atoms with E-state index in [9.17, 15) is 22.0 Å². The van der Waals surface area contributed by atoms with Crippen molar-refractivity contribution in [3.8, 4) is 11.1 Å². The van der Waals surface area contributed by atoms with E-state index in [-0.39, 0.29) is 29.3 Å². The standard InChI is InChI=1S/C22H24F2N2O3S/c1-13-6-7-15(17(10-13)21-19(23)4-3-5-20(21)24)16-11-18(16)22(27)26-9-8-14(12-26)25-30(2,28)29/h3-7,10,14,16,18,25H,8-9,11-12H2,1-2H3/t14-,16?,18?/m0/s1. The van der Waals surface area contributed by atoms with Crippen molar-refractivity contribution in [2.45, 2.75) is 31.7 Å². The van der Waals surface area contributed by atoms with Gasteiger partial charge in [0.1, 0.15) is 11.6 Å². The average molecular weight is 435 g/mol. The van der Waals surface area contributed by atoms with Crippen molar-refractivity contribution in [1.82, 2.24) is 9.62 Å². The molecule has 8 heteroatoms. The molecule has 1 amide bonds. The molecular weight excluding hydrogens is 410 g/mol. The smallest absolute Gasteiger partial charge is 0.226 e. The van der Waals surface area contributed by atoms with Gasteiger partial charge >= 0.3 is 0 Å². The molecule has 4 rings (SSSR count). The molecule has 0 aromatic heterocycles. The molecule has 0 spiro atoms. The van der Waals surface area contributed by atoms with Crippen LogP contribution in [0.2, 0.25) is 0 Å². The van der Waals surface area contributed by atoms with E-state index in [4.69, 9.17) is 0 Å². The van der Waals surface area contributed by atoms with Crippen LogP contribution in [0, 0.1) is 24.5 Å². The molecule has 0 bridgehead atoms. The van der Waals surface area contributed by atoms with Gasteiger partial charge in [0, 0.05) is 25.0 Å². The number of halogens is 2. The van der Waals surface area contributed by atoms with Crippen molar-refractivity contribution in [3.63, 3.8) is 0 Å². The van der Waals surface area contributed by atoms with Crippen LogP contribution in [0.4, 0.5) is 8.78 Å². The number of carbonyl (C=O) groups is 1. The Balaban J connectivity index is 1.54. The van der Waals surface area contributed by atoms with Gasteiger partial charge in [0.05, 0.1) is 11.8 Å². The van der Waals surface area contributed by atoms with Gasteiger partial charge in [0.25, 0.3) is 0 Å². The monoisotopic (exact) mass is 434 g/mol. The lowest BCUT2D eigenvalue weighted by atomic mass is 9.93. The van der Waals surface area contributed by atoms with E-state index in [1.54, 1.807) is 11.0 Å². The van der Waals surface area contributed by atoms with Gasteiger partial charge in [0.2, 0.25) is 15.9 Å². The van der Waals surface area contributed by atoms with E-state index < -0.39 is 21.7 Å². The summed E-state index contributed by atoms with van der Waals surface area (Å²) in [5.41, 5.74) is 2.08. The van der Waals surface area contributed by atoms with Gasteiger partial charge in [-0.1, -0.05) is 29.8 Å². The molecule has 2 aliphatic rings. The van der Waals surface area contributed by atoms with Crippen molar-refractivity contribution in [1.29, 1.82) is 0 Å². The topological polar surface area (TPSA) is 66.5 Å². The Morgan fingerprint density at radius 1 is 1.17 bits per heavy atom. The molecule has 2 aromatic rings. The zero-order valence-corrected chi connectivity index (χ0v) is 17.7. The number of hydrogen-bond acceptors (Lipinski definition) is 3. The van der Waals surface area contributed by atoms with Crippen LogP contribution in [0.5, 0.6) is 0 Å². The largest absolute Gasteiger partial charge is 0.341 e. The first-order chi connectivity index (χ1) is 14.1. The molecule has 1 aliphatic heterocycles. The maximum absolute atomic E-state index is 14.4. The Labute approximate surface area is 175 Å². The molecular formula is C22H24F2N2O3S. The number of rotatable bonds is 5. The lowest BCUT2D eigenvalue weighted by Gasteiger charge is -2.18. The van der Waals surface area contributed by atoms with Crippen molar-refractivity contribution in [2.75, 3.05) is 19.3 Å². The second-order valence-corrected chi connectivity index (χ2v) is 10.1. The summed E-state index contributed by atoms with van der Waals surface area (Å²) in [6.07, 6.45) is 2.30. The fourth-order valence-corrected chi connectivity index (χ4v) is 5.17. The zero-order valence-electron chi connectivity index (χ0n) is 16.9. The second-order valence-electron chi connectivity index (χ2n) is 8.30. The lowest BCUT2D eigenvalue weighted by molar-refractivity contribution is -0.131. The molecule has 30 heavy (non-hydrogen) atoms. The predicted molar refractivity (Wildman–Crippen MR) is 110 cm³/mol. The molecule has 1 saturated carbocycles. The number of sulfonamides is 1. The number of nitrogens with one attached hydrogen (secondary N) is 1. The molecule has 3 atom stereocenters. The summed E-state index contributed by atoms with van der Waals surface area (Å²) in [5, 5.41) is 0. The fraction of sp³-hybridized carbons (Fsp3) is 0.409. The minimum Gasteiger partial charge on any atom is -0.341 e. The van der Waals surface area contributed by atoms with E-state index in [1.165, 1.54) is 18.2 Å². The Hall–Kier alpha value is -2.32. The minimum atomic E-state index is -3.32. The van der Waals surface area contributed by atoms with E-state index >= 15 is 0 Å². The number of nitrogens with zero attached hydrogens (tertiary/aromatic N) is 1. The molecule has 1 saturated heterocycles. The Kier molecular flexibility index (Phi) is 5.40. The van der Waals surface area contributed by atoms with Crippen LogP contribution in [-0.2, 0) is 14.8 Å². The number of benzene rings is 2. The third-order valence-electron chi connectivity index (χ3n) is 5.83. The van der Waals surface area contributed by atoms with Crippen molar-refractivity contribution < 1.29 is 22.0 Å². The minimum absolute atomic E-state index is 0.0293. The highest BCUT2D eigenvalue weighted by Gasteiger charge is 2.48. The van der Waals surface area contributed by atoms with Gasteiger partial charge in [-0.3, -0.25) is 4.79 Å². The number of carbonyl (C=O) groups excluding carboxylic acids is 1. The third kappa shape index (κ3) is 4.25. The van der Waals surface area contributed by atoms with E-state index in [0.717, 1.165) is 17.4 Å². The maximum atomic E-state index is 14.4. The van der Waals surface area contributed by atoms with Crippen molar-refractivity contribution in [2.24, 2.45) is 5.92 Å². The molecule has 5 nitrogen and oxygen atoms in total. The van der Waals surface area contributed by atoms with Gasteiger partial charge in [0.15, 0.2) is 0 Å². The van der Waals surface area contributed by atoms with Crippen molar-refractivity contribution >= 4 is 15.9 Å². The van der Waals surface area contributed by atoms with Gasteiger partial charge in [-0.2, -0.15) is 0 Å². The Morgan fingerprint density at radius 2 is 1.87 bits per heavy atom. The summed E-state index contributed by atoms with van der Waals surface area (Å²) in [6, 6.07) is 9.04. The molecule has 1 aliphatic carbocycles. The number of hydrogen-bond donors (Lipinski definition) is 1. The SMILES string of the molecule is Cc1ccc(C2CC2C(=O)N2CC[C@H](NS(C)(=O)=O)C2)c(-c2c(F)cccc2F)c1. The van der Waals surface area contributed by atoms with Crippen LogP contribution in [0.25, 0.3) is 11.1 Å².